The molecule has 1 unspecified atom stereocenters. The molecular weight excluding hydrogens is 244 g/mol. The van der Waals surface area contributed by atoms with E-state index in [9.17, 15) is 0 Å². The second kappa shape index (κ2) is 7.73. The minimum atomic E-state index is 0.149. The highest BCUT2D eigenvalue weighted by atomic mass is 16.3. The molecule has 0 aliphatic heterocycles. The molecule has 2 N–H and O–H groups in total. The molecule has 19 heavy (non-hydrogen) atoms. The van der Waals surface area contributed by atoms with Gasteiger partial charge in [0.1, 0.15) is 12.2 Å². The Morgan fingerprint density at radius 2 is 2.37 bits per heavy atom. The molecule has 0 bridgehead atoms. The van der Waals surface area contributed by atoms with E-state index in [4.69, 9.17) is 5.11 Å². The third kappa shape index (κ3) is 4.86. The van der Waals surface area contributed by atoms with E-state index < -0.39 is 0 Å². The van der Waals surface area contributed by atoms with Gasteiger partial charge in [-0.05, 0) is 12.8 Å². The van der Waals surface area contributed by atoms with Crippen LogP contribution in [-0.4, -0.2) is 57.5 Å². The monoisotopic (exact) mass is 268 g/mol. The zero-order valence-electron chi connectivity index (χ0n) is 12.2. The first kappa shape index (κ1) is 15.4. The van der Waals surface area contributed by atoms with Gasteiger partial charge in [-0.3, -0.25) is 9.67 Å². The third-order valence-corrected chi connectivity index (χ3v) is 2.74. The van der Waals surface area contributed by atoms with Gasteiger partial charge in [0.05, 0.1) is 6.54 Å². The summed E-state index contributed by atoms with van der Waals surface area (Å²) in [4.78, 5) is 10.7. The molecular formula is C12H24N6O. The van der Waals surface area contributed by atoms with Crippen LogP contribution in [0.25, 0.3) is 0 Å². The van der Waals surface area contributed by atoms with Gasteiger partial charge in [-0.2, -0.15) is 5.10 Å². The Bertz CT molecular complexity index is 403. The molecule has 0 saturated carbocycles. The number of hydrogen-bond acceptors (Lipinski definition) is 4. The number of aliphatic hydroxyl groups excluding tert-OH is 1. The molecule has 7 heteroatoms. The highest BCUT2D eigenvalue weighted by molar-refractivity contribution is 5.79. The van der Waals surface area contributed by atoms with E-state index in [2.05, 4.69) is 20.4 Å². The molecule has 1 atom stereocenters. The lowest BCUT2D eigenvalue weighted by molar-refractivity contribution is 0.241. The van der Waals surface area contributed by atoms with E-state index in [0.29, 0.717) is 13.1 Å². The van der Waals surface area contributed by atoms with Gasteiger partial charge in [0.25, 0.3) is 0 Å². The van der Waals surface area contributed by atoms with Gasteiger partial charge < -0.3 is 15.3 Å². The summed E-state index contributed by atoms with van der Waals surface area (Å²) >= 11 is 0. The van der Waals surface area contributed by atoms with Crippen molar-refractivity contribution in [3.8, 4) is 0 Å². The van der Waals surface area contributed by atoms with E-state index in [1.165, 1.54) is 0 Å². The Labute approximate surface area is 114 Å². The van der Waals surface area contributed by atoms with Crippen LogP contribution >= 0.6 is 0 Å². The number of hydrogen-bond donors (Lipinski definition) is 2. The summed E-state index contributed by atoms with van der Waals surface area (Å²) < 4.78 is 1.75. The average Bonchev–Trinajstić information content (AvgIpc) is 2.79. The van der Waals surface area contributed by atoms with E-state index in [-0.39, 0.29) is 12.5 Å². The summed E-state index contributed by atoms with van der Waals surface area (Å²) in [6, 6.07) is 0. The molecule has 1 aromatic rings. The van der Waals surface area contributed by atoms with Crippen molar-refractivity contribution in [2.24, 2.45) is 18.0 Å². The summed E-state index contributed by atoms with van der Waals surface area (Å²) in [7, 11) is 3.83. The largest absolute Gasteiger partial charge is 0.396 e. The molecule has 0 aromatic carbocycles. The standard InChI is InChI=1S/C12H24N6O/c1-5-13-12(14-6-10(2)8-19)17(3)7-11-15-9-16-18(11)4/h9-10,19H,5-8H2,1-4H3,(H,13,14). The van der Waals surface area contributed by atoms with Crippen LogP contribution in [0.3, 0.4) is 0 Å². The Hall–Kier alpha value is -1.63. The second-order valence-corrected chi connectivity index (χ2v) is 4.64. The molecule has 1 aromatic heterocycles. The van der Waals surface area contributed by atoms with E-state index in [0.717, 1.165) is 18.3 Å². The Kier molecular flexibility index (Phi) is 6.27. The maximum absolute atomic E-state index is 9.04. The van der Waals surface area contributed by atoms with Crippen LogP contribution in [0, 0.1) is 5.92 Å². The highest BCUT2D eigenvalue weighted by Gasteiger charge is 2.10. The van der Waals surface area contributed by atoms with E-state index in [1.54, 1.807) is 11.0 Å². The molecule has 0 fully saturated rings. The van der Waals surface area contributed by atoms with Crippen molar-refractivity contribution in [2.75, 3.05) is 26.7 Å². The molecule has 108 valence electrons. The van der Waals surface area contributed by atoms with Gasteiger partial charge in [0, 0.05) is 33.8 Å². The Morgan fingerprint density at radius 1 is 1.63 bits per heavy atom. The molecule has 0 amide bonds. The lowest BCUT2D eigenvalue weighted by Gasteiger charge is -2.21. The number of guanidine groups is 1. The van der Waals surface area contributed by atoms with Gasteiger partial charge in [-0.15, -0.1) is 0 Å². The molecule has 0 radical (unpaired) electrons. The van der Waals surface area contributed by atoms with Crippen LogP contribution in [0.1, 0.15) is 19.7 Å². The molecule has 7 nitrogen and oxygen atoms in total. The van der Waals surface area contributed by atoms with Crippen molar-refractivity contribution in [1.29, 1.82) is 0 Å². The first-order valence-corrected chi connectivity index (χ1v) is 6.51. The summed E-state index contributed by atoms with van der Waals surface area (Å²) in [6.07, 6.45) is 1.54. The number of aryl methyl sites for hydroxylation is 1. The fourth-order valence-corrected chi connectivity index (χ4v) is 1.52. The first-order valence-electron chi connectivity index (χ1n) is 6.51. The number of aromatic nitrogens is 3. The highest BCUT2D eigenvalue weighted by Crippen LogP contribution is 2.00. The van der Waals surface area contributed by atoms with Gasteiger partial charge in [0.2, 0.25) is 0 Å². The second-order valence-electron chi connectivity index (χ2n) is 4.64. The predicted molar refractivity (Wildman–Crippen MR) is 74.7 cm³/mol. The van der Waals surface area contributed by atoms with Crippen LogP contribution in [0.2, 0.25) is 0 Å². The molecule has 1 heterocycles. The molecule has 0 spiro atoms. The maximum atomic E-state index is 9.04. The lowest BCUT2D eigenvalue weighted by Crippen LogP contribution is -2.39. The smallest absolute Gasteiger partial charge is 0.194 e. The van der Waals surface area contributed by atoms with Crippen molar-refractivity contribution in [3.63, 3.8) is 0 Å². The summed E-state index contributed by atoms with van der Waals surface area (Å²) in [5.41, 5.74) is 0. The number of nitrogens with one attached hydrogen (secondary N) is 1. The third-order valence-electron chi connectivity index (χ3n) is 2.74. The summed E-state index contributed by atoms with van der Waals surface area (Å²) in [5, 5.41) is 16.3. The maximum Gasteiger partial charge on any atom is 0.194 e. The van der Waals surface area contributed by atoms with Gasteiger partial charge in [0.15, 0.2) is 5.96 Å². The SMILES string of the molecule is CCNC(=NCC(C)CO)N(C)Cc1ncnn1C. The van der Waals surface area contributed by atoms with E-state index >= 15 is 0 Å². The van der Waals surface area contributed by atoms with Gasteiger partial charge in [-0.25, -0.2) is 4.98 Å². The summed E-state index contributed by atoms with van der Waals surface area (Å²) in [5.74, 6) is 1.85. The first-order chi connectivity index (χ1) is 9.08. The topological polar surface area (TPSA) is 78.6 Å². The minimum absolute atomic E-state index is 0.149. The molecule has 1 rings (SSSR count). The normalized spacial score (nSPS) is 13.4. The van der Waals surface area contributed by atoms with Crippen molar-refractivity contribution >= 4 is 5.96 Å². The zero-order chi connectivity index (χ0) is 14.3. The number of rotatable bonds is 6. The fraction of sp³-hybridized carbons (Fsp3) is 0.750. The zero-order valence-corrected chi connectivity index (χ0v) is 12.2. The number of aliphatic imine (C=N–C) groups is 1. The van der Waals surface area contributed by atoms with E-state index in [1.807, 2.05) is 32.8 Å². The molecule has 0 aliphatic rings. The fourth-order valence-electron chi connectivity index (χ4n) is 1.52. The van der Waals surface area contributed by atoms with Crippen molar-refractivity contribution in [1.82, 2.24) is 25.0 Å². The number of aliphatic hydroxyl groups is 1. The van der Waals surface area contributed by atoms with Crippen LogP contribution in [0.4, 0.5) is 0 Å². The minimum Gasteiger partial charge on any atom is -0.396 e. The Balaban J connectivity index is 2.67. The number of nitrogens with zero attached hydrogens (tertiary/aromatic N) is 5. The summed E-state index contributed by atoms with van der Waals surface area (Å²) in [6.45, 7) is 6.18. The predicted octanol–water partition coefficient (Wildman–Crippen LogP) is -0.159. The Morgan fingerprint density at radius 3 is 2.89 bits per heavy atom. The van der Waals surface area contributed by atoms with Gasteiger partial charge in [-0.1, -0.05) is 6.92 Å². The van der Waals surface area contributed by atoms with Crippen molar-refractivity contribution in [2.45, 2.75) is 20.4 Å². The van der Waals surface area contributed by atoms with Crippen molar-refractivity contribution in [3.05, 3.63) is 12.2 Å². The quantitative estimate of drug-likeness (QED) is 0.554. The molecule has 0 saturated heterocycles. The molecule has 0 aliphatic carbocycles. The lowest BCUT2D eigenvalue weighted by atomic mass is 10.2. The van der Waals surface area contributed by atoms with Crippen LogP contribution in [-0.2, 0) is 13.6 Å². The van der Waals surface area contributed by atoms with Gasteiger partial charge >= 0.3 is 0 Å². The van der Waals surface area contributed by atoms with Crippen LogP contribution in [0.15, 0.2) is 11.3 Å². The van der Waals surface area contributed by atoms with Crippen LogP contribution in [0.5, 0.6) is 0 Å². The van der Waals surface area contributed by atoms with Crippen LogP contribution < -0.4 is 5.32 Å². The average molecular weight is 268 g/mol. The van der Waals surface area contributed by atoms with Crippen molar-refractivity contribution < 1.29 is 5.11 Å².